The highest BCUT2D eigenvalue weighted by atomic mass is 19.1. The van der Waals surface area contributed by atoms with Crippen LogP contribution in [0.3, 0.4) is 0 Å². The molecule has 0 radical (unpaired) electrons. The van der Waals surface area contributed by atoms with Crippen molar-refractivity contribution in [3.05, 3.63) is 29.8 Å². The summed E-state index contributed by atoms with van der Waals surface area (Å²) < 4.78 is 14.9. The summed E-state index contributed by atoms with van der Waals surface area (Å²) in [5.74, 6) is 0.194. The van der Waals surface area contributed by atoms with Crippen molar-refractivity contribution in [2.75, 3.05) is 5.73 Å². The second kappa shape index (κ2) is 3.80. The van der Waals surface area contributed by atoms with E-state index < -0.39 is 5.82 Å². The number of halogens is 1. The predicted molar refractivity (Wildman–Crippen MR) is 62.2 cm³/mol. The van der Waals surface area contributed by atoms with Gasteiger partial charge in [-0.3, -0.25) is 0 Å². The van der Waals surface area contributed by atoms with Crippen LogP contribution in [-0.4, -0.2) is 20.2 Å². The van der Waals surface area contributed by atoms with Gasteiger partial charge in [-0.1, -0.05) is 20.8 Å². The molecule has 0 amide bonds. The fraction of sp³-hybridized carbons (Fsp3) is 0.364. The zero-order chi connectivity index (χ0) is 12.6. The van der Waals surface area contributed by atoms with Crippen molar-refractivity contribution in [3.8, 4) is 5.69 Å². The van der Waals surface area contributed by atoms with Crippen LogP contribution in [0.15, 0.2) is 18.2 Å². The zero-order valence-corrected chi connectivity index (χ0v) is 9.98. The minimum Gasteiger partial charge on any atom is -0.396 e. The van der Waals surface area contributed by atoms with Gasteiger partial charge in [0.05, 0.1) is 11.4 Å². The van der Waals surface area contributed by atoms with E-state index >= 15 is 0 Å². The standard InChI is InChI=1S/C11H14FN5/c1-11(2,3)10-14-15-16-17(10)7-4-5-9(13)8(12)6-7/h4-6H,13H2,1-3H3. The average molecular weight is 235 g/mol. The monoisotopic (exact) mass is 235 g/mol. The van der Waals surface area contributed by atoms with Gasteiger partial charge in [-0.05, 0) is 22.6 Å². The van der Waals surface area contributed by atoms with Crippen LogP contribution in [0.25, 0.3) is 5.69 Å². The molecule has 1 aromatic carbocycles. The van der Waals surface area contributed by atoms with E-state index in [-0.39, 0.29) is 11.1 Å². The smallest absolute Gasteiger partial charge is 0.162 e. The number of aromatic nitrogens is 4. The van der Waals surface area contributed by atoms with Crippen LogP contribution in [0.2, 0.25) is 0 Å². The van der Waals surface area contributed by atoms with Crippen molar-refractivity contribution in [1.29, 1.82) is 0 Å². The number of nitrogen functional groups attached to an aromatic ring is 1. The molecular weight excluding hydrogens is 221 g/mol. The third-order valence-corrected chi connectivity index (χ3v) is 2.37. The lowest BCUT2D eigenvalue weighted by atomic mass is 9.96. The summed E-state index contributed by atoms with van der Waals surface area (Å²) in [6.07, 6.45) is 0. The van der Waals surface area contributed by atoms with Gasteiger partial charge in [0, 0.05) is 11.5 Å². The molecule has 0 fully saturated rings. The Morgan fingerprint density at radius 1 is 1.29 bits per heavy atom. The van der Waals surface area contributed by atoms with Crippen LogP contribution in [-0.2, 0) is 5.41 Å². The molecule has 0 aliphatic rings. The number of tetrazole rings is 1. The summed E-state index contributed by atoms with van der Waals surface area (Å²) in [5, 5.41) is 11.5. The molecule has 6 heteroatoms. The van der Waals surface area contributed by atoms with E-state index in [9.17, 15) is 4.39 Å². The number of nitrogens with zero attached hydrogens (tertiary/aromatic N) is 4. The van der Waals surface area contributed by atoms with E-state index in [0.717, 1.165) is 0 Å². The van der Waals surface area contributed by atoms with E-state index in [0.29, 0.717) is 11.5 Å². The van der Waals surface area contributed by atoms with Crippen molar-refractivity contribution in [3.63, 3.8) is 0 Å². The van der Waals surface area contributed by atoms with E-state index in [1.54, 1.807) is 6.07 Å². The molecule has 17 heavy (non-hydrogen) atoms. The Bertz CT molecular complexity index is 541. The maximum Gasteiger partial charge on any atom is 0.162 e. The van der Waals surface area contributed by atoms with Gasteiger partial charge in [0.2, 0.25) is 0 Å². The summed E-state index contributed by atoms with van der Waals surface area (Å²) in [6.45, 7) is 5.97. The highest BCUT2D eigenvalue weighted by Crippen LogP contribution is 2.22. The summed E-state index contributed by atoms with van der Waals surface area (Å²) in [4.78, 5) is 0. The van der Waals surface area contributed by atoms with Gasteiger partial charge in [0.25, 0.3) is 0 Å². The van der Waals surface area contributed by atoms with Crippen molar-refractivity contribution in [2.45, 2.75) is 26.2 Å². The van der Waals surface area contributed by atoms with Crippen LogP contribution >= 0.6 is 0 Å². The fourth-order valence-electron chi connectivity index (χ4n) is 1.48. The largest absolute Gasteiger partial charge is 0.396 e. The molecule has 0 aliphatic heterocycles. The van der Waals surface area contributed by atoms with Gasteiger partial charge in [0.1, 0.15) is 5.82 Å². The second-order valence-electron chi connectivity index (χ2n) is 4.87. The number of nitrogens with two attached hydrogens (primary N) is 1. The highest BCUT2D eigenvalue weighted by Gasteiger charge is 2.22. The first-order chi connectivity index (χ1) is 7.89. The van der Waals surface area contributed by atoms with Crippen LogP contribution in [0, 0.1) is 5.82 Å². The SMILES string of the molecule is CC(C)(C)c1nnnn1-c1ccc(N)c(F)c1. The first-order valence-electron chi connectivity index (χ1n) is 5.24. The van der Waals surface area contributed by atoms with Crippen LogP contribution in [0.1, 0.15) is 26.6 Å². The van der Waals surface area contributed by atoms with Crippen LogP contribution < -0.4 is 5.73 Å². The fourth-order valence-corrected chi connectivity index (χ4v) is 1.48. The Morgan fingerprint density at radius 3 is 2.59 bits per heavy atom. The molecule has 2 aromatic rings. The molecule has 1 aromatic heterocycles. The number of rotatable bonds is 1. The molecule has 1 heterocycles. The minimum absolute atomic E-state index is 0.110. The van der Waals surface area contributed by atoms with E-state index in [1.165, 1.54) is 16.8 Å². The Morgan fingerprint density at radius 2 is 2.00 bits per heavy atom. The van der Waals surface area contributed by atoms with Crippen LogP contribution in [0.5, 0.6) is 0 Å². The third-order valence-electron chi connectivity index (χ3n) is 2.37. The quantitative estimate of drug-likeness (QED) is 0.763. The molecule has 0 spiro atoms. The molecule has 90 valence electrons. The predicted octanol–water partition coefficient (Wildman–Crippen LogP) is 1.68. The van der Waals surface area contributed by atoms with Gasteiger partial charge in [-0.15, -0.1) is 5.10 Å². The highest BCUT2D eigenvalue weighted by molar-refractivity contribution is 5.46. The Kier molecular flexibility index (Phi) is 2.57. The van der Waals surface area contributed by atoms with E-state index in [2.05, 4.69) is 15.5 Å². The molecule has 0 saturated heterocycles. The lowest BCUT2D eigenvalue weighted by molar-refractivity contribution is 0.525. The van der Waals surface area contributed by atoms with Gasteiger partial charge < -0.3 is 5.73 Å². The first kappa shape index (κ1) is 11.5. The summed E-state index contributed by atoms with van der Waals surface area (Å²) in [7, 11) is 0. The number of hydrogen-bond donors (Lipinski definition) is 1. The van der Waals surface area contributed by atoms with E-state index in [4.69, 9.17) is 5.73 Å². The van der Waals surface area contributed by atoms with Gasteiger partial charge in [-0.2, -0.15) is 4.68 Å². The molecule has 0 unspecified atom stereocenters. The molecule has 2 N–H and O–H groups in total. The van der Waals surface area contributed by atoms with Gasteiger partial charge >= 0.3 is 0 Å². The van der Waals surface area contributed by atoms with Crippen molar-refractivity contribution in [1.82, 2.24) is 20.2 Å². The molecule has 2 rings (SSSR count). The van der Waals surface area contributed by atoms with Crippen molar-refractivity contribution in [2.24, 2.45) is 0 Å². The summed E-state index contributed by atoms with van der Waals surface area (Å²) in [6, 6.07) is 4.50. The molecule has 5 nitrogen and oxygen atoms in total. The first-order valence-corrected chi connectivity index (χ1v) is 5.24. The topological polar surface area (TPSA) is 69.6 Å². The number of anilines is 1. The molecule has 0 bridgehead atoms. The van der Waals surface area contributed by atoms with Crippen molar-refractivity contribution < 1.29 is 4.39 Å². The summed E-state index contributed by atoms with van der Waals surface area (Å²) in [5.41, 5.74) is 5.88. The minimum atomic E-state index is -0.474. The summed E-state index contributed by atoms with van der Waals surface area (Å²) >= 11 is 0. The Labute approximate surface area is 98.4 Å². The van der Waals surface area contributed by atoms with Gasteiger partial charge in [0.15, 0.2) is 5.82 Å². The average Bonchev–Trinajstić information content (AvgIpc) is 2.70. The number of hydrogen-bond acceptors (Lipinski definition) is 4. The lowest BCUT2D eigenvalue weighted by Gasteiger charge is -2.17. The lowest BCUT2D eigenvalue weighted by Crippen LogP contribution is -2.19. The zero-order valence-electron chi connectivity index (χ0n) is 9.98. The Balaban J connectivity index is 2.54. The second-order valence-corrected chi connectivity index (χ2v) is 4.87. The molecule has 0 saturated carbocycles. The van der Waals surface area contributed by atoms with Crippen molar-refractivity contribution >= 4 is 5.69 Å². The normalized spacial score (nSPS) is 11.8. The molecule has 0 aliphatic carbocycles. The maximum absolute atomic E-state index is 13.4. The van der Waals surface area contributed by atoms with Gasteiger partial charge in [-0.25, -0.2) is 4.39 Å². The Hall–Kier alpha value is -1.98. The third kappa shape index (κ3) is 2.11. The van der Waals surface area contributed by atoms with Crippen LogP contribution in [0.4, 0.5) is 10.1 Å². The molecular formula is C11H14FN5. The molecule has 0 atom stereocenters. The maximum atomic E-state index is 13.4. The van der Waals surface area contributed by atoms with E-state index in [1.807, 2.05) is 20.8 Å². The number of benzene rings is 1.